The number of carbonyl (C=O) groups is 1. The van der Waals surface area contributed by atoms with E-state index in [1.54, 1.807) is 0 Å². The number of rotatable bonds is 5. The Morgan fingerprint density at radius 3 is 2.25 bits per heavy atom. The zero-order valence-corrected chi connectivity index (χ0v) is 12.8. The van der Waals surface area contributed by atoms with Crippen LogP contribution in [0.15, 0.2) is 51.8 Å². The molecule has 0 aliphatic rings. The molecule has 0 amide bonds. The van der Waals surface area contributed by atoms with Gasteiger partial charge in [0.2, 0.25) is 0 Å². The highest BCUT2D eigenvalue weighted by Crippen LogP contribution is 2.21. The van der Waals surface area contributed by atoms with Crippen molar-refractivity contribution in [2.45, 2.75) is 11.3 Å². The van der Waals surface area contributed by atoms with Crippen LogP contribution in [0.1, 0.15) is 5.56 Å². The number of ketones is 1. The highest BCUT2D eigenvalue weighted by molar-refractivity contribution is 9.10. The van der Waals surface area contributed by atoms with Crippen molar-refractivity contribution in [3.8, 4) is 0 Å². The van der Waals surface area contributed by atoms with E-state index in [1.807, 2.05) is 24.3 Å². The first-order valence-electron chi connectivity index (χ1n) is 5.88. The Morgan fingerprint density at radius 2 is 1.65 bits per heavy atom. The number of hydrogen-bond donors (Lipinski definition) is 0. The molecule has 0 heterocycles. The SMILES string of the molecule is O=C(CSc1ccc(Br)cc1)Cc1cc(F)cc(F)c1. The average Bonchev–Trinajstić information content (AvgIpc) is 2.37. The maximum Gasteiger partial charge on any atom is 0.147 e. The third-order valence-electron chi connectivity index (χ3n) is 2.54. The molecule has 2 aromatic rings. The minimum atomic E-state index is -0.659. The number of halogens is 3. The van der Waals surface area contributed by atoms with E-state index in [0.717, 1.165) is 15.4 Å². The molecule has 0 unspecified atom stereocenters. The molecule has 2 rings (SSSR count). The molecule has 1 nitrogen and oxygen atoms in total. The zero-order chi connectivity index (χ0) is 14.5. The predicted molar refractivity (Wildman–Crippen MR) is 79.9 cm³/mol. The lowest BCUT2D eigenvalue weighted by molar-refractivity contribution is -0.116. The third-order valence-corrected chi connectivity index (χ3v) is 4.14. The van der Waals surface area contributed by atoms with E-state index in [4.69, 9.17) is 0 Å². The summed E-state index contributed by atoms with van der Waals surface area (Å²) in [5, 5.41) is 0. The van der Waals surface area contributed by atoms with E-state index in [-0.39, 0.29) is 18.0 Å². The van der Waals surface area contributed by atoms with Crippen molar-refractivity contribution in [3.05, 3.63) is 64.1 Å². The Bertz CT molecular complexity index is 594. The lowest BCUT2D eigenvalue weighted by atomic mass is 10.1. The molecule has 5 heteroatoms. The summed E-state index contributed by atoms with van der Waals surface area (Å²) in [6.45, 7) is 0. The number of Topliss-reactive ketones (excluding diaryl/α,β-unsaturated/α-hetero) is 1. The van der Waals surface area contributed by atoms with Crippen LogP contribution >= 0.6 is 27.7 Å². The van der Waals surface area contributed by atoms with E-state index in [0.29, 0.717) is 5.56 Å². The topological polar surface area (TPSA) is 17.1 Å². The molecule has 0 spiro atoms. The second kappa shape index (κ2) is 6.99. The maximum atomic E-state index is 13.0. The van der Waals surface area contributed by atoms with Gasteiger partial charge in [-0.1, -0.05) is 15.9 Å². The van der Waals surface area contributed by atoms with Gasteiger partial charge in [-0.05, 0) is 42.0 Å². The summed E-state index contributed by atoms with van der Waals surface area (Å²) in [5.41, 5.74) is 0.365. The predicted octanol–water partition coefficient (Wildman–Crippen LogP) is 4.63. The molecule has 0 radical (unpaired) electrons. The van der Waals surface area contributed by atoms with Gasteiger partial charge in [0, 0.05) is 21.9 Å². The standard InChI is InChI=1S/C15H11BrF2OS/c16-11-1-3-15(4-2-11)20-9-14(19)7-10-5-12(17)8-13(18)6-10/h1-6,8H,7,9H2. The quantitative estimate of drug-likeness (QED) is 0.726. The summed E-state index contributed by atoms with van der Waals surface area (Å²) < 4.78 is 27.0. The highest BCUT2D eigenvalue weighted by atomic mass is 79.9. The van der Waals surface area contributed by atoms with Crippen LogP contribution in [-0.4, -0.2) is 11.5 Å². The second-order valence-electron chi connectivity index (χ2n) is 4.24. The van der Waals surface area contributed by atoms with Crippen molar-refractivity contribution in [1.29, 1.82) is 0 Å². The van der Waals surface area contributed by atoms with Gasteiger partial charge in [0.25, 0.3) is 0 Å². The van der Waals surface area contributed by atoms with Gasteiger partial charge in [0.05, 0.1) is 5.75 Å². The lowest BCUT2D eigenvalue weighted by Gasteiger charge is -2.03. The van der Waals surface area contributed by atoms with Gasteiger partial charge in [-0.15, -0.1) is 11.8 Å². The molecule has 2 aromatic carbocycles. The second-order valence-corrected chi connectivity index (χ2v) is 6.20. The molecule has 0 saturated carbocycles. The van der Waals surface area contributed by atoms with Crippen LogP contribution in [0.4, 0.5) is 8.78 Å². The highest BCUT2D eigenvalue weighted by Gasteiger charge is 2.07. The van der Waals surface area contributed by atoms with Crippen molar-refractivity contribution in [2.75, 3.05) is 5.75 Å². The van der Waals surface area contributed by atoms with Crippen LogP contribution in [0.3, 0.4) is 0 Å². The van der Waals surface area contributed by atoms with Crippen molar-refractivity contribution < 1.29 is 13.6 Å². The van der Waals surface area contributed by atoms with Crippen molar-refractivity contribution in [1.82, 2.24) is 0 Å². The molecule has 0 aliphatic carbocycles. The van der Waals surface area contributed by atoms with Gasteiger partial charge in [-0.25, -0.2) is 8.78 Å². The van der Waals surface area contributed by atoms with E-state index in [2.05, 4.69) is 15.9 Å². The van der Waals surface area contributed by atoms with Crippen LogP contribution in [0, 0.1) is 11.6 Å². The fourth-order valence-electron chi connectivity index (χ4n) is 1.69. The number of carbonyl (C=O) groups excluding carboxylic acids is 1. The van der Waals surface area contributed by atoms with Crippen LogP contribution in [0.25, 0.3) is 0 Å². The Labute approximate surface area is 128 Å². The normalized spacial score (nSPS) is 10.6. The summed E-state index contributed by atoms with van der Waals surface area (Å²) in [5.74, 6) is -1.11. The number of thioether (sulfide) groups is 1. The molecular formula is C15H11BrF2OS. The fraction of sp³-hybridized carbons (Fsp3) is 0.133. The molecule has 0 saturated heterocycles. The number of benzene rings is 2. The Morgan fingerprint density at radius 1 is 1.05 bits per heavy atom. The zero-order valence-electron chi connectivity index (χ0n) is 10.4. The molecule has 0 N–H and O–H groups in total. The number of hydrogen-bond acceptors (Lipinski definition) is 2. The average molecular weight is 357 g/mol. The molecule has 104 valence electrons. The molecular weight excluding hydrogens is 346 g/mol. The summed E-state index contributed by atoms with van der Waals surface area (Å²) in [6, 6.07) is 10.8. The minimum Gasteiger partial charge on any atom is -0.298 e. The molecule has 20 heavy (non-hydrogen) atoms. The Hall–Kier alpha value is -1.20. The van der Waals surface area contributed by atoms with Crippen LogP contribution < -0.4 is 0 Å². The van der Waals surface area contributed by atoms with E-state index in [1.165, 1.54) is 23.9 Å². The molecule has 0 bridgehead atoms. The Balaban J connectivity index is 1.90. The molecule has 0 aliphatic heterocycles. The largest absolute Gasteiger partial charge is 0.298 e. The Kier molecular flexibility index (Phi) is 5.31. The first kappa shape index (κ1) is 15.2. The first-order chi connectivity index (χ1) is 9.52. The third kappa shape index (κ3) is 4.72. The van der Waals surface area contributed by atoms with Gasteiger partial charge in [-0.2, -0.15) is 0 Å². The van der Waals surface area contributed by atoms with Crippen molar-refractivity contribution >= 4 is 33.5 Å². The van der Waals surface area contributed by atoms with Gasteiger partial charge in [0.1, 0.15) is 17.4 Å². The van der Waals surface area contributed by atoms with Gasteiger partial charge in [-0.3, -0.25) is 4.79 Å². The summed E-state index contributed by atoms with van der Waals surface area (Å²) >= 11 is 4.74. The molecule has 0 aromatic heterocycles. The molecule has 0 fully saturated rings. The van der Waals surface area contributed by atoms with Gasteiger partial charge in [0.15, 0.2) is 0 Å². The first-order valence-corrected chi connectivity index (χ1v) is 7.66. The van der Waals surface area contributed by atoms with Crippen LogP contribution in [0.5, 0.6) is 0 Å². The van der Waals surface area contributed by atoms with Crippen LogP contribution in [-0.2, 0) is 11.2 Å². The summed E-state index contributed by atoms with van der Waals surface area (Å²) in [7, 11) is 0. The van der Waals surface area contributed by atoms with E-state index >= 15 is 0 Å². The smallest absolute Gasteiger partial charge is 0.147 e. The van der Waals surface area contributed by atoms with Gasteiger partial charge < -0.3 is 0 Å². The monoisotopic (exact) mass is 356 g/mol. The maximum absolute atomic E-state index is 13.0. The van der Waals surface area contributed by atoms with Crippen molar-refractivity contribution in [3.63, 3.8) is 0 Å². The summed E-state index contributed by atoms with van der Waals surface area (Å²) in [4.78, 5) is 12.8. The van der Waals surface area contributed by atoms with E-state index in [9.17, 15) is 13.6 Å². The fourth-order valence-corrected chi connectivity index (χ4v) is 2.71. The molecule has 0 atom stereocenters. The summed E-state index contributed by atoms with van der Waals surface area (Å²) in [6.07, 6.45) is 0.0399. The van der Waals surface area contributed by atoms with Crippen LogP contribution in [0.2, 0.25) is 0 Å². The van der Waals surface area contributed by atoms with Crippen molar-refractivity contribution in [2.24, 2.45) is 0 Å². The lowest BCUT2D eigenvalue weighted by Crippen LogP contribution is -2.06. The van der Waals surface area contributed by atoms with Gasteiger partial charge >= 0.3 is 0 Å². The van der Waals surface area contributed by atoms with E-state index < -0.39 is 11.6 Å². The minimum absolute atomic E-state index is 0.0399.